The third-order valence-electron chi connectivity index (χ3n) is 4.45. The molecular weight excluding hydrogens is 385 g/mol. The van der Waals surface area contributed by atoms with Crippen LogP contribution in [0.4, 0.5) is 4.39 Å². The number of carbonyl (C=O) groups excluding carboxylic acids is 2. The molecule has 1 saturated carbocycles. The number of halogens is 1. The number of benzene rings is 2. The molecule has 1 amide bonds. The first kappa shape index (κ1) is 20.0. The molecule has 2 aromatic rings. The van der Waals surface area contributed by atoms with Gasteiger partial charge in [0, 0.05) is 24.4 Å². The highest BCUT2D eigenvalue weighted by Crippen LogP contribution is 2.29. The van der Waals surface area contributed by atoms with Gasteiger partial charge < -0.3 is 9.64 Å². The third kappa shape index (κ3) is 4.95. The minimum Gasteiger partial charge on any atom is -0.452 e. The van der Waals surface area contributed by atoms with Crippen LogP contribution in [0.1, 0.15) is 28.8 Å². The zero-order valence-electron chi connectivity index (χ0n) is 15.3. The van der Waals surface area contributed by atoms with E-state index in [1.807, 2.05) is 0 Å². The molecule has 1 fully saturated rings. The fourth-order valence-electron chi connectivity index (χ4n) is 2.75. The number of hydrogen-bond donors (Lipinski definition) is 0. The third-order valence-corrected chi connectivity index (χ3v) is 5.58. The van der Waals surface area contributed by atoms with E-state index in [1.54, 1.807) is 18.2 Å². The van der Waals surface area contributed by atoms with E-state index < -0.39 is 28.3 Å². The molecule has 1 aliphatic rings. The molecule has 6 nitrogen and oxygen atoms in total. The van der Waals surface area contributed by atoms with Crippen LogP contribution in [0, 0.1) is 5.82 Å². The van der Waals surface area contributed by atoms with Gasteiger partial charge in [-0.2, -0.15) is 0 Å². The lowest BCUT2D eigenvalue weighted by molar-refractivity contribution is -0.135. The average molecular weight is 405 g/mol. The second-order valence-corrected chi connectivity index (χ2v) is 8.73. The van der Waals surface area contributed by atoms with E-state index in [2.05, 4.69) is 0 Å². The van der Waals surface area contributed by atoms with Crippen molar-refractivity contribution in [3.8, 4) is 0 Å². The van der Waals surface area contributed by atoms with Crippen molar-refractivity contribution in [1.29, 1.82) is 0 Å². The van der Waals surface area contributed by atoms with Crippen LogP contribution in [0.3, 0.4) is 0 Å². The lowest BCUT2D eigenvalue weighted by Gasteiger charge is -2.22. The predicted molar refractivity (Wildman–Crippen MR) is 99.8 cm³/mol. The molecule has 148 valence electrons. The summed E-state index contributed by atoms with van der Waals surface area (Å²) in [5.41, 5.74) is 0.553. The van der Waals surface area contributed by atoms with Gasteiger partial charge in [0.25, 0.3) is 5.91 Å². The van der Waals surface area contributed by atoms with Crippen LogP contribution in [0.15, 0.2) is 53.4 Å². The maximum Gasteiger partial charge on any atom is 0.338 e. The predicted octanol–water partition coefficient (Wildman–Crippen LogP) is 2.58. The van der Waals surface area contributed by atoms with Crippen molar-refractivity contribution in [3.05, 3.63) is 65.5 Å². The molecule has 0 aromatic heterocycles. The zero-order valence-corrected chi connectivity index (χ0v) is 16.1. The van der Waals surface area contributed by atoms with E-state index in [0.29, 0.717) is 5.56 Å². The molecule has 8 heteroatoms. The molecular formula is C20H20FNO5S. The van der Waals surface area contributed by atoms with Gasteiger partial charge in [-0.25, -0.2) is 17.6 Å². The molecule has 0 bridgehead atoms. The van der Waals surface area contributed by atoms with Crippen LogP contribution in [-0.4, -0.2) is 44.1 Å². The second-order valence-electron chi connectivity index (χ2n) is 6.72. The first-order chi connectivity index (χ1) is 13.3. The van der Waals surface area contributed by atoms with Crippen LogP contribution in [0.25, 0.3) is 0 Å². The van der Waals surface area contributed by atoms with Gasteiger partial charge in [0.2, 0.25) is 0 Å². The fourth-order valence-corrected chi connectivity index (χ4v) is 3.38. The zero-order chi connectivity index (χ0) is 20.3. The first-order valence-corrected chi connectivity index (χ1v) is 10.6. The number of sulfone groups is 1. The van der Waals surface area contributed by atoms with Crippen molar-refractivity contribution in [1.82, 2.24) is 4.90 Å². The van der Waals surface area contributed by atoms with Gasteiger partial charge in [0.1, 0.15) is 5.82 Å². The summed E-state index contributed by atoms with van der Waals surface area (Å²) >= 11 is 0. The fraction of sp³-hybridized carbons (Fsp3) is 0.300. The summed E-state index contributed by atoms with van der Waals surface area (Å²) in [7, 11) is -3.36. The summed E-state index contributed by atoms with van der Waals surface area (Å²) in [5.74, 6) is -1.51. The molecule has 0 spiro atoms. The van der Waals surface area contributed by atoms with E-state index in [1.165, 1.54) is 35.2 Å². The summed E-state index contributed by atoms with van der Waals surface area (Å²) < 4.78 is 41.9. The SMILES string of the molecule is CS(=O)(=O)c1ccc(C(=O)OCC(=O)N(Cc2ccccc2F)C2CC2)cc1. The van der Waals surface area contributed by atoms with Crippen LogP contribution in [-0.2, 0) is 25.9 Å². The second kappa shape index (κ2) is 8.10. The normalized spacial score (nSPS) is 13.8. The van der Waals surface area contributed by atoms with Gasteiger partial charge in [-0.3, -0.25) is 4.79 Å². The lowest BCUT2D eigenvalue weighted by atomic mass is 10.2. The maximum absolute atomic E-state index is 13.9. The number of esters is 1. The molecule has 0 atom stereocenters. The molecule has 1 aliphatic carbocycles. The molecule has 3 rings (SSSR count). The van der Waals surface area contributed by atoms with Gasteiger partial charge >= 0.3 is 5.97 Å². The van der Waals surface area contributed by atoms with E-state index in [9.17, 15) is 22.4 Å². The maximum atomic E-state index is 13.9. The number of ether oxygens (including phenoxy) is 1. The first-order valence-electron chi connectivity index (χ1n) is 8.76. The van der Waals surface area contributed by atoms with Crippen molar-refractivity contribution in [3.63, 3.8) is 0 Å². The molecule has 0 aliphatic heterocycles. The highest BCUT2D eigenvalue weighted by molar-refractivity contribution is 7.90. The van der Waals surface area contributed by atoms with Gasteiger partial charge in [-0.05, 0) is 43.2 Å². The quantitative estimate of drug-likeness (QED) is 0.662. The Morgan fingerprint density at radius 2 is 1.75 bits per heavy atom. The summed E-state index contributed by atoms with van der Waals surface area (Å²) in [6, 6.07) is 11.6. The molecule has 0 saturated heterocycles. The average Bonchev–Trinajstić information content (AvgIpc) is 3.49. The summed E-state index contributed by atoms with van der Waals surface area (Å²) in [5, 5.41) is 0. The number of hydrogen-bond acceptors (Lipinski definition) is 5. The molecule has 2 aromatic carbocycles. The van der Waals surface area contributed by atoms with E-state index in [-0.39, 0.29) is 28.9 Å². The number of amides is 1. The number of rotatable bonds is 7. The Balaban J connectivity index is 1.61. The summed E-state index contributed by atoms with van der Waals surface area (Å²) in [6.45, 7) is -0.339. The van der Waals surface area contributed by atoms with Crippen LogP contribution in [0.2, 0.25) is 0 Å². The summed E-state index contributed by atoms with van der Waals surface area (Å²) in [4.78, 5) is 26.3. The van der Waals surface area contributed by atoms with Crippen molar-refractivity contribution < 1.29 is 27.1 Å². The van der Waals surface area contributed by atoms with Gasteiger partial charge in [0.05, 0.1) is 10.5 Å². The standard InChI is InChI=1S/C20H20FNO5S/c1-28(25,26)17-10-6-14(7-11-17)20(24)27-13-19(23)22(16-8-9-16)12-15-4-2-3-5-18(15)21/h2-7,10-11,16H,8-9,12-13H2,1H3. The van der Waals surface area contributed by atoms with Gasteiger partial charge in [0.15, 0.2) is 16.4 Å². The monoisotopic (exact) mass is 405 g/mol. The molecule has 28 heavy (non-hydrogen) atoms. The van der Waals surface area contributed by atoms with E-state index in [4.69, 9.17) is 4.74 Å². The number of nitrogens with zero attached hydrogens (tertiary/aromatic N) is 1. The van der Waals surface area contributed by atoms with Crippen LogP contribution < -0.4 is 0 Å². The molecule has 0 unspecified atom stereocenters. The van der Waals surface area contributed by atoms with Gasteiger partial charge in [-0.1, -0.05) is 18.2 Å². The minimum atomic E-state index is -3.36. The minimum absolute atomic E-state index is 0.0276. The number of carbonyl (C=O) groups is 2. The largest absolute Gasteiger partial charge is 0.452 e. The van der Waals surface area contributed by atoms with Gasteiger partial charge in [-0.15, -0.1) is 0 Å². The van der Waals surface area contributed by atoms with Crippen molar-refractivity contribution >= 4 is 21.7 Å². The Kier molecular flexibility index (Phi) is 5.79. The summed E-state index contributed by atoms with van der Waals surface area (Å²) in [6.07, 6.45) is 2.74. The molecule has 0 heterocycles. The van der Waals surface area contributed by atoms with Crippen molar-refractivity contribution in [2.75, 3.05) is 12.9 Å². The Morgan fingerprint density at radius 1 is 1.11 bits per heavy atom. The smallest absolute Gasteiger partial charge is 0.338 e. The highest BCUT2D eigenvalue weighted by atomic mass is 32.2. The van der Waals surface area contributed by atoms with E-state index in [0.717, 1.165) is 19.1 Å². The molecule has 0 N–H and O–H groups in total. The highest BCUT2D eigenvalue weighted by Gasteiger charge is 2.33. The van der Waals surface area contributed by atoms with E-state index >= 15 is 0 Å². The topological polar surface area (TPSA) is 80.7 Å². The molecule has 0 radical (unpaired) electrons. The Morgan fingerprint density at radius 3 is 2.32 bits per heavy atom. The van der Waals surface area contributed by atoms with Crippen molar-refractivity contribution in [2.45, 2.75) is 30.3 Å². The Labute approximate surface area is 162 Å². The van der Waals surface area contributed by atoms with Crippen LogP contribution in [0.5, 0.6) is 0 Å². The van der Waals surface area contributed by atoms with Crippen molar-refractivity contribution in [2.24, 2.45) is 0 Å². The van der Waals surface area contributed by atoms with Crippen LogP contribution >= 0.6 is 0 Å². The Hall–Kier alpha value is -2.74. The Bertz CT molecular complexity index is 984. The lowest BCUT2D eigenvalue weighted by Crippen LogP contribution is -2.36.